The van der Waals surface area contributed by atoms with Gasteiger partial charge in [0.2, 0.25) is 0 Å². The van der Waals surface area contributed by atoms with E-state index in [2.05, 4.69) is 5.32 Å². The van der Waals surface area contributed by atoms with E-state index in [0.29, 0.717) is 0 Å². The molecule has 0 radical (unpaired) electrons. The van der Waals surface area contributed by atoms with Crippen molar-refractivity contribution in [1.29, 1.82) is 0 Å². The Bertz CT molecular complexity index is 394. The van der Waals surface area contributed by atoms with E-state index in [1.54, 1.807) is 13.8 Å². The van der Waals surface area contributed by atoms with Crippen LogP contribution in [0.25, 0.3) is 0 Å². The van der Waals surface area contributed by atoms with E-state index in [1.807, 2.05) is 0 Å². The van der Waals surface area contributed by atoms with E-state index in [9.17, 15) is 13.6 Å². The van der Waals surface area contributed by atoms with Crippen molar-refractivity contribution in [3.63, 3.8) is 0 Å². The number of carboxylic acid groups (broad SMARTS) is 1. The molecule has 1 aromatic carbocycles. The van der Waals surface area contributed by atoms with E-state index in [0.717, 1.165) is 6.07 Å². The third-order valence-electron chi connectivity index (χ3n) is 2.04. The molecule has 2 N–H and O–H groups in total. The van der Waals surface area contributed by atoms with Gasteiger partial charge >= 0.3 is 5.97 Å². The molecule has 1 aromatic rings. The lowest BCUT2D eigenvalue weighted by Crippen LogP contribution is -2.34. The highest BCUT2D eigenvalue weighted by Gasteiger charge is 2.24. The van der Waals surface area contributed by atoms with Crippen LogP contribution in [-0.2, 0) is 4.79 Å². The third kappa shape index (κ3) is 2.76. The van der Waals surface area contributed by atoms with Crippen LogP contribution in [-0.4, -0.2) is 17.1 Å². The van der Waals surface area contributed by atoms with Crippen LogP contribution in [0.1, 0.15) is 25.5 Å². The van der Waals surface area contributed by atoms with E-state index in [-0.39, 0.29) is 11.6 Å². The van der Waals surface area contributed by atoms with Gasteiger partial charge in [0.1, 0.15) is 6.04 Å². The first-order valence-corrected chi connectivity index (χ1v) is 4.86. The zero-order chi connectivity index (χ0) is 12.3. The summed E-state index contributed by atoms with van der Waals surface area (Å²) in [5.41, 5.74) is -0.193. The summed E-state index contributed by atoms with van der Waals surface area (Å²) in [4.78, 5) is 10.9. The van der Waals surface area contributed by atoms with Gasteiger partial charge in [-0.3, -0.25) is 10.1 Å². The Morgan fingerprint density at radius 3 is 2.50 bits per heavy atom. The first-order chi connectivity index (χ1) is 7.43. The Hall–Kier alpha value is -1.49. The molecule has 0 bridgehead atoms. The fourth-order valence-electron chi connectivity index (χ4n) is 1.37. The Kier molecular flexibility index (Phi) is 3.95. The van der Waals surface area contributed by atoms with E-state index in [1.165, 1.54) is 12.1 Å². The molecule has 0 amide bonds. The third-order valence-corrected chi connectivity index (χ3v) is 2.04. The summed E-state index contributed by atoms with van der Waals surface area (Å²) in [5, 5.41) is 11.6. The minimum atomic E-state index is -1.24. The molecule has 0 fully saturated rings. The topological polar surface area (TPSA) is 49.3 Å². The predicted molar refractivity (Wildman–Crippen MR) is 55.0 cm³/mol. The number of carboxylic acids is 1. The van der Waals surface area contributed by atoms with Crippen molar-refractivity contribution in [3.8, 4) is 0 Å². The van der Waals surface area contributed by atoms with Crippen LogP contribution in [0.4, 0.5) is 8.78 Å². The summed E-state index contributed by atoms with van der Waals surface area (Å²) < 4.78 is 26.3. The average Bonchev–Trinajstić information content (AvgIpc) is 2.18. The van der Waals surface area contributed by atoms with Crippen molar-refractivity contribution in [3.05, 3.63) is 35.4 Å². The maximum atomic E-state index is 13.4. The highest BCUT2D eigenvalue weighted by Crippen LogP contribution is 2.20. The molecule has 5 heteroatoms. The van der Waals surface area contributed by atoms with Gasteiger partial charge in [0.05, 0.1) is 0 Å². The average molecular weight is 229 g/mol. The van der Waals surface area contributed by atoms with Gasteiger partial charge < -0.3 is 5.11 Å². The van der Waals surface area contributed by atoms with Gasteiger partial charge in [0.15, 0.2) is 11.6 Å². The number of halogens is 2. The van der Waals surface area contributed by atoms with Gasteiger partial charge in [-0.05, 0) is 19.9 Å². The molecule has 0 spiro atoms. The molecule has 3 nitrogen and oxygen atoms in total. The van der Waals surface area contributed by atoms with Crippen LogP contribution in [0.5, 0.6) is 0 Å². The standard InChI is InChI=1S/C11H13F2NO2/c1-6(2)14-10(11(15)16)7-4-3-5-8(12)9(7)13/h3-6,10,14H,1-2H3,(H,15,16). The van der Waals surface area contributed by atoms with Gasteiger partial charge in [-0.25, -0.2) is 8.78 Å². The second-order valence-corrected chi connectivity index (χ2v) is 3.74. The number of carbonyl (C=O) groups is 1. The van der Waals surface area contributed by atoms with E-state index < -0.39 is 23.6 Å². The Balaban J connectivity index is 3.11. The van der Waals surface area contributed by atoms with Crippen LogP contribution in [0.15, 0.2) is 18.2 Å². The van der Waals surface area contributed by atoms with Crippen LogP contribution < -0.4 is 5.32 Å². The number of hydrogen-bond donors (Lipinski definition) is 2. The van der Waals surface area contributed by atoms with Crippen LogP contribution in [0.3, 0.4) is 0 Å². The summed E-state index contributed by atoms with van der Waals surface area (Å²) in [6.45, 7) is 3.46. The highest BCUT2D eigenvalue weighted by molar-refractivity contribution is 5.75. The fourth-order valence-corrected chi connectivity index (χ4v) is 1.37. The number of hydrogen-bond acceptors (Lipinski definition) is 2. The summed E-state index contributed by atoms with van der Waals surface area (Å²) in [5.74, 6) is -3.41. The Labute approximate surface area is 92.1 Å². The monoisotopic (exact) mass is 229 g/mol. The molecule has 1 rings (SSSR count). The minimum absolute atomic E-state index is 0.149. The number of aliphatic carboxylic acids is 1. The first-order valence-electron chi connectivity index (χ1n) is 4.86. The second-order valence-electron chi connectivity index (χ2n) is 3.74. The highest BCUT2D eigenvalue weighted by atomic mass is 19.2. The van der Waals surface area contributed by atoms with Crippen LogP contribution in [0, 0.1) is 11.6 Å². The SMILES string of the molecule is CC(C)NC(C(=O)O)c1cccc(F)c1F. The number of nitrogens with one attached hydrogen (secondary N) is 1. The predicted octanol–water partition coefficient (Wildman–Crippen LogP) is 2.09. The molecule has 0 saturated heterocycles. The lowest BCUT2D eigenvalue weighted by atomic mass is 10.1. The van der Waals surface area contributed by atoms with Gasteiger partial charge in [-0.15, -0.1) is 0 Å². The van der Waals surface area contributed by atoms with Gasteiger partial charge in [0, 0.05) is 11.6 Å². The smallest absolute Gasteiger partial charge is 0.325 e. The quantitative estimate of drug-likeness (QED) is 0.831. The molecule has 0 heterocycles. The normalized spacial score (nSPS) is 12.8. The largest absolute Gasteiger partial charge is 0.480 e. The molecule has 88 valence electrons. The van der Waals surface area contributed by atoms with Crippen molar-refractivity contribution in [1.82, 2.24) is 5.32 Å². The molecule has 0 aromatic heterocycles. The summed E-state index contributed by atoms with van der Waals surface area (Å²) in [6.07, 6.45) is 0. The minimum Gasteiger partial charge on any atom is -0.480 e. The lowest BCUT2D eigenvalue weighted by molar-refractivity contribution is -0.139. The second kappa shape index (κ2) is 5.03. The zero-order valence-corrected chi connectivity index (χ0v) is 9.00. The van der Waals surface area contributed by atoms with Gasteiger partial charge in [-0.1, -0.05) is 12.1 Å². The molecule has 1 unspecified atom stereocenters. The molecular formula is C11H13F2NO2. The van der Waals surface area contributed by atoms with Crippen LogP contribution >= 0.6 is 0 Å². The van der Waals surface area contributed by atoms with Crippen molar-refractivity contribution in [2.45, 2.75) is 25.9 Å². The van der Waals surface area contributed by atoms with Gasteiger partial charge in [0.25, 0.3) is 0 Å². The van der Waals surface area contributed by atoms with Crippen LogP contribution in [0.2, 0.25) is 0 Å². The fraction of sp³-hybridized carbons (Fsp3) is 0.364. The Morgan fingerprint density at radius 1 is 1.38 bits per heavy atom. The van der Waals surface area contributed by atoms with E-state index in [4.69, 9.17) is 5.11 Å². The number of rotatable bonds is 4. The van der Waals surface area contributed by atoms with Crippen molar-refractivity contribution >= 4 is 5.97 Å². The molecule has 0 aliphatic carbocycles. The first kappa shape index (κ1) is 12.6. The zero-order valence-electron chi connectivity index (χ0n) is 9.00. The molecule has 1 atom stereocenters. The van der Waals surface area contributed by atoms with Crippen molar-refractivity contribution in [2.75, 3.05) is 0 Å². The molecule has 0 saturated carbocycles. The van der Waals surface area contributed by atoms with Crippen molar-refractivity contribution < 1.29 is 18.7 Å². The summed E-state index contributed by atoms with van der Waals surface area (Å²) in [7, 11) is 0. The number of benzene rings is 1. The van der Waals surface area contributed by atoms with Gasteiger partial charge in [-0.2, -0.15) is 0 Å². The maximum Gasteiger partial charge on any atom is 0.325 e. The summed E-state index contributed by atoms with van der Waals surface area (Å²) >= 11 is 0. The Morgan fingerprint density at radius 2 is 2.00 bits per heavy atom. The molecular weight excluding hydrogens is 216 g/mol. The molecule has 16 heavy (non-hydrogen) atoms. The van der Waals surface area contributed by atoms with E-state index >= 15 is 0 Å². The summed E-state index contributed by atoms with van der Waals surface area (Å²) in [6, 6.07) is 2.10. The lowest BCUT2D eigenvalue weighted by Gasteiger charge is -2.18. The molecule has 0 aliphatic rings. The maximum absolute atomic E-state index is 13.4. The van der Waals surface area contributed by atoms with Crippen molar-refractivity contribution in [2.24, 2.45) is 0 Å². The molecule has 0 aliphatic heterocycles.